The van der Waals surface area contributed by atoms with Gasteiger partial charge >= 0.3 is 0 Å². The van der Waals surface area contributed by atoms with Crippen molar-refractivity contribution in [3.05, 3.63) is 87.9 Å². The molecule has 0 saturated carbocycles. The first-order valence-corrected chi connectivity index (χ1v) is 8.36. The fraction of sp³-hybridized carbons (Fsp3) is 0. The highest BCUT2D eigenvalue weighted by atomic mass is 35.5. The van der Waals surface area contributed by atoms with Crippen LogP contribution in [0.5, 0.6) is 0 Å². The predicted molar refractivity (Wildman–Crippen MR) is 103 cm³/mol. The molecule has 0 fully saturated rings. The van der Waals surface area contributed by atoms with Crippen molar-refractivity contribution in [3.63, 3.8) is 0 Å². The van der Waals surface area contributed by atoms with Gasteiger partial charge in [-0.3, -0.25) is 0 Å². The van der Waals surface area contributed by atoms with Crippen molar-refractivity contribution in [2.45, 2.75) is 0 Å². The van der Waals surface area contributed by atoms with Crippen molar-refractivity contribution < 1.29 is 0 Å². The first kappa shape index (κ1) is 16.4. The molecule has 0 amide bonds. The molecule has 3 aromatic rings. The van der Waals surface area contributed by atoms with E-state index in [0.717, 1.165) is 16.4 Å². The van der Waals surface area contributed by atoms with Crippen LogP contribution in [0.2, 0.25) is 15.1 Å². The first-order chi connectivity index (χ1) is 11.0. The quantitative estimate of drug-likeness (QED) is 0.709. The minimum atomic E-state index is -1.63. The zero-order valence-corrected chi connectivity index (χ0v) is 14.5. The molecule has 0 aliphatic heterocycles. The third kappa shape index (κ3) is 3.27. The number of nitrogens with two attached hydrogens (primary N) is 1. The van der Waals surface area contributed by atoms with E-state index in [0.29, 0.717) is 15.1 Å². The summed E-state index contributed by atoms with van der Waals surface area (Å²) in [6.07, 6.45) is -1.63. The van der Waals surface area contributed by atoms with Gasteiger partial charge in [0.2, 0.25) is 0 Å². The van der Waals surface area contributed by atoms with E-state index in [9.17, 15) is 0 Å². The highest BCUT2D eigenvalue weighted by molar-refractivity contribution is 7.09. The smallest absolute Gasteiger partial charge is 0.139 e. The van der Waals surface area contributed by atoms with Crippen molar-refractivity contribution in [2.24, 2.45) is 5.64 Å². The highest BCUT2D eigenvalue weighted by Crippen LogP contribution is 2.11. The van der Waals surface area contributed by atoms with E-state index in [1.54, 1.807) is 0 Å². The lowest BCUT2D eigenvalue weighted by atomic mass is 9.25. The number of hydrogen-bond acceptors (Lipinski definition) is 1. The Kier molecular flexibility index (Phi) is 4.70. The third-order valence-electron chi connectivity index (χ3n) is 4.19. The van der Waals surface area contributed by atoms with E-state index >= 15 is 0 Å². The molecule has 0 aliphatic carbocycles. The molecule has 1 nitrogen and oxygen atoms in total. The normalized spacial score (nSPS) is 11.5. The molecule has 0 radical (unpaired) electrons. The first-order valence-electron chi connectivity index (χ1n) is 7.23. The minimum Gasteiger partial charge on any atom is -0.491 e. The van der Waals surface area contributed by atoms with Gasteiger partial charge in [0, 0.05) is 15.1 Å². The van der Waals surface area contributed by atoms with E-state index in [-0.39, 0.29) is 0 Å². The molecule has 0 bridgehead atoms. The molecular weight excluding hydrogens is 347 g/mol. The van der Waals surface area contributed by atoms with Gasteiger partial charge in [-0.15, -0.1) is 0 Å². The fourth-order valence-electron chi connectivity index (χ4n) is 2.88. The summed E-state index contributed by atoms with van der Waals surface area (Å²) in [5.41, 5.74) is 9.94. The van der Waals surface area contributed by atoms with E-state index in [2.05, 4.69) is 0 Å². The van der Waals surface area contributed by atoms with Gasteiger partial charge in [-0.25, -0.2) is 0 Å². The Bertz CT molecular complexity index is 688. The van der Waals surface area contributed by atoms with Gasteiger partial charge < -0.3 is 5.64 Å². The van der Waals surface area contributed by atoms with Crippen LogP contribution in [-0.2, 0) is 0 Å². The van der Waals surface area contributed by atoms with Crippen molar-refractivity contribution >= 4 is 57.5 Å². The van der Waals surface area contributed by atoms with Gasteiger partial charge in [-0.2, -0.15) is 16.4 Å². The summed E-state index contributed by atoms with van der Waals surface area (Å²) in [6, 6.07) is 22.9. The SMILES string of the molecule is N[B-](c1ccc(Cl)cc1)(c1ccc(Cl)cc1)c1ccc(Cl)cc1. The van der Waals surface area contributed by atoms with E-state index in [1.165, 1.54) is 0 Å². The second kappa shape index (κ2) is 6.58. The maximum Gasteiger partial charge on any atom is 0.139 e. The molecule has 0 spiro atoms. The molecule has 0 unspecified atom stereocenters. The van der Waals surface area contributed by atoms with Gasteiger partial charge in [0.15, 0.2) is 0 Å². The molecule has 116 valence electrons. The largest absolute Gasteiger partial charge is 0.491 e. The van der Waals surface area contributed by atoms with Gasteiger partial charge in [0.25, 0.3) is 0 Å². The number of halogens is 3. The van der Waals surface area contributed by atoms with Gasteiger partial charge in [0.05, 0.1) is 0 Å². The second-order valence-corrected chi connectivity index (χ2v) is 6.90. The van der Waals surface area contributed by atoms with Crippen LogP contribution in [0.15, 0.2) is 72.8 Å². The summed E-state index contributed by atoms with van der Waals surface area (Å²) in [4.78, 5) is 0. The lowest BCUT2D eigenvalue weighted by Crippen LogP contribution is -2.74. The molecule has 0 atom stereocenters. The molecular formula is C18H14BCl3N-. The average Bonchev–Trinajstić information content (AvgIpc) is 2.56. The molecule has 0 aliphatic rings. The molecule has 23 heavy (non-hydrogen) atoms. The predicted octanol–water partition coefficient (Wildman–Crippen LogP) is 3.57. The summed E-state index contributed by atoms with van der Waals surface area (Å²) >= 11 is 18.1. The number of benzene rings is 3. The van der Waals surface area contributed by atoms with Crippen LogP contribution in [0.1, 0.15) is 0 Å². The molecule has 0 saturated heterocycles. The van der Waals surface area contributed by atoms with Gasteiger partial charge in [-0.05, 0) is 36.4 Å². The maximum atomic E-state index is 6.95. The molecule has 3 rings (SSSR count). The van der Waals surface area contributed by atoms with Crippen LogP contribution >= 0.6 is 34.8 Å². The van der Waals surface area contributed by atoms with Crippen LogP contribution < -0.4 is 22.0 Å². The Morgan fingerprint density at radius 2 is 0.696 bits per heavy atom. The third-order valence-corrected chi connectivity index (χ3v) is 4.94. The summed E-state index contributed by atoms with van der Waals surface area (Å²) in [5, 5.41) is 2.04. The summed E-state index contributed by atoms with van der Waals surface area (Å²) in [7, 11) is 0. The lowest BCUT2D eigenvalue weighted by Gasteiger charge is -2.39. The maximum absolute atomic E-state index is 6.95. The standard InChI is InChI=1S/C18H14BCl3N/c20-16-7-1-13(2-8-16)19(23,14-3-9-17(21)10-4-14)15-5-11-18(22)12-6-15/h1-12H,23H2/q-1. The Morgan fingerprint density at radius 1 is 0.478 bits per heavy atom. The molecule has 3 aromatic carbocycles. The van der Waals surface area contributed by atoms with E-state index in [1.807, 2.05) is 72.8 Å². The van der Waals surface area contributed by atoms with Crippen molar-refractivity contribution in [2.75, 3.05) is 0 Å². The van der Waals surface area contributed by atoms with Crippen molar-refractivity contribution in [1.82, 2.24) is 0 Å². The zero-order chi connectivity index (χ0) is 16.4. The molecule has 5 heteroatoms. The van der Waals surface area contributed by atoms with Crippen molar-refractivity contribution in [1.29, 1.82) is 0 Å². The van der Waals surface area contributed by atoms with Crippen LogP contribution in [0.3, 0.4) is 0 Å². The second-order valence-electron chi connectivity index (χ2n) is 5.59. The highest BCUT2D eigenvalue weighted by Gasteiger charge is 2.25. The molecule has 0 aromatic heterocycles. The van der Waals surface area contributed by atoms with Gasteiger partial charge in [0.1, 0.15) is 6.28 Å². The summed E-state index contributed by atoms with van der Waals surface area (Å²) < 4.78 is 0. The number of hydrogen-bond donors (Lipinski definition) is 1. The Labute approximate surface area is 150 Å². The Morgan fingerprint density at radius 3 is 0.913 bits per heavy atom. The monoisotopic (exact) mass is 360 g/mol. The summed E-state index contributed by atoms with van der Waals surface area (Å²) in [6.45, 7) is 0. The Balaban J connectivity index is 2.21. The summed E-state index contributed by atoms with van der Waals surface area (Å²) in [5.74, 6) is 0. The van der Waals surface area contributed by atoms with Crippen LogP contribution in [0.4, 0.5) is 0 Å². The van der Waals surface area contributed by atoms with Gasteiger partial charge in [-0.1, -0.05) is 71.2 Å². The van der Waals surface area contributed by atoms with E-state index < -0.39 is 6.28 Å². The lowest BCUT2D eigenvalue weighted by molar-refractivity contribution is 1.61. The van der Waals surface area contributed by atoms with Crippen LogP contribution in [0.25, 0.3) is 0 Å². The van der Waals surface area contributed by atoms with E-state index in [4.69, 9.17) is 40.4 Å². The van der Waals surface area contributed by atoms with Crippen LogP contribution in [-0.4, -0.2) is 6.28 Å². The average molecular weight is 361 g/mol. The topological polar surface area (TPSA) is 26.0 Å². The molecule has 0 heterocycles. The zero-order valence-electron chi connectivity index (χ0n) is 12.2. The minimum absolute atomic E-state index is 0.680. The fourth-order valence-corrected chi connectivity index (χ4v) is 3.25. The van der Waals surface area contributed by atoms with Crippen LogP contribution in [0, 0.1) is 0 Å². The number of rotatable bonds is 3. The van der Waals surface area contributed by atoms with Crippen molar-refractivity contribution in [3.8, 4) is 0 Å². The molecule has 2 N–H and O–H groups in total. The Hall–Kier alpha value is -1.45.